The summed E-state index contributed by atoms with van der Waals surface area (Å²) in [6.45, 7) is 3.57. The Morgan fingerprint density at radius 2 is 2.33 bits per heavy atom. The van der Waals surface area contributed by atoms with E-state index in [-0.39, 0.29) is 12.3 Å². The van der Waals surface area contributed by atoms with E-state index in [4.69, 9.17) is 5.11 Å². The van der Waals surface area contributed by atoms with Crippen molar-refractivity contribution >= 4 is 11.9 Å². The Hall–Kier alpha value is -2.11. The van der Waals surface area contributed by atoms with E-state index >= 15 is 0 Å². The fraction of sp³-hybridized carbons (Fsp3) is 0.417. The molecule has 1 aromatic rings. The van der Waals surface area contributed by atoms with Crippen molar-refractivity contribution in [3.8, 4) is 0 Å². The van der Waals surface area contributed by atoms with Crippen LogP contribution in [-0.2, 0) is 16.0 Å². The van der Waals surface area contributed by atoms with E-state index in [1.165, 1.54) is 12.5 Å². The Balaban J connectivity index is 2.67. The number of imidazole rings is 1. The first-order valence-electron chi connectivity index (χ1n) is 5.72. The number of carboxylic acid groups (broad SMARTS) is 1. The number of amides is 1. The van der Waals surface area contributed by atoms with Gasteiger partial charge in [-0.1, -0.05) is 13.0 Å². The summed E-state index contributed by atoms with van der Waals surface area (Å²) in [5, 5.41) is 11.5. The molecule has 0 fully saturated rings. The monoisotopic (exact) mass is 251 g/mol. The predicted octanol–water partition coefficient (Wildman–Crippen LogP) is 0.878. The van der Waals surface area contributed by atoms with Gasteiger partial charge in [-0.15, -0.1) is 0 Å². The van der Waals surface area contributed by atoms with Crippen molar-refractivity contribution in [1.29, 1.82) is 0 Å². The van der Waals surface area contributed by atoms with Gasteiger partial charge >= 0.3 is 5.97 Å². The number of rotatable bonds is 6. The average Bonchev–Trinajstić information content (AvgIpc) is 2.81. The Morgan fingerprint density at radius 3 is 2.83 bits per heavy atom. The standard InChI is InChI=1S/C12H17N3O3/c1-3-4-8(2)11(16)15-10(12(17)18)5-9-6-13-7-14-9/h4,6-7,10H,3,5H2,1-2H3,(H,13,14)(H,15,16)(H,17,18)/b8-4+. The molecule has 1 amide bonds. The number of allylic oxidation sites excluding steroid dienone is 1. The van der Waals surface area contributed by atoms with Crippen LogP contribution < -0.4 is 5.32 Å². The number of aromatic amines is 1. The number of carboxylic acids is 1. The first kappa shape index (κ1) is 14.0. The number of hydrogen-bond acceptors (Lipinski definition) is 3. The van der Waals surface area contributed by atoms with Gasteiger partial charge in [0.2, 0.25) is 5.91 Å². The quantitative estimate of drug-likeness (QED) is 0.654. The Labute approximate surface area is 105 Å². The van der Waals surface area contributed by atoms with Crippen LogP contribution in [0.5, 0.6) is 0 Å². The van der Waals surface area contributed by atoms with Crippen molar-refractivity contribution in [2.75, 3.05) is 0 Å². The van der Waals surface area contributed by atoms with Crippen LogP contribution in [-0.4, -0.2) is 33.0 Å². The van der Waals surface area contributed by atoms with E-state index in [1.54, 1.807) is 13.0 Å². The number of aromatic nitrogens is 2. The highest BCUT2D eigenvalue weighted by atomic mass is 16.4. The zero-order valence-electron chi connectivity index (χ0n) is 10.4. The minimum Gasteiger partial charge on any atom is -0.480 e. The fourth-order valence-corrected chi connectivity index (χ4v) is 1.49. The minimum absolute atomic E-state index is 0.181. The summed E-state index contributed by atoms with van der Waals surface area (Å²) >= 11 is 0. The molecule has 0 bridgehead atoms. The van der Waals surface area contributed by atoms with E-state index in [0.717, 1.165) is 6.42 Å². The van der Waals surface area contributed by atoms with Crippen molar-refractivity contribution < 1.29 is 14.7 Å². The van der Waals surface area contributed by atoms with Gasteiger partial charge in [-0.2, -0.15) is 0 Å². The van der Waals surface area contributed by atoms with Gasteiger partial charge in [-0.05, 0) is 13.3 Å². The van der Waals surface area contributed by atoms with Crippen LogP contribution in [0.3, 0.4) is 0 Å². The van der Waals surface area contributed by atoms with E-state index < -0.39 is 12.0 Å². The molecule has 0 aliphatic rings. The zero-order valence-corrected chi connectivity index (χ0v) is 10.4. The summed E-state index contributed by atoms with van der Waals surface area (Å²) in [7, 11) is 0. The molecule has 3 N–H and O–H groups in total. The Kier molecular flexibility index (Phi) is 5.10. The largest absolute Gasteiger partial charge is 0.480 e. The summed E-state index contributed by atoms with van der Waals surface area (Å²) in [4.78, 5) is 29.4. The topological polar surface area (TPSA) is 95.1 Å². The molecule has 0 aliphatic heterocycles. The Morgan fingerprint density at radius 1 is 1.61 bits per heavy atom. The molecule has 0 aliphatic carbocycles. The second-order valence-electron chi connectivity index (χ2n) is 3.94. The van der Waals surface area contributed by atoms with Crippen LogP contribution in [0.2, 0.25) is 0 Å². The summed E-state index contributed by atoms with van der Waals surface area (Å²) in [5.74, 6) is -1.42. The minimum atomic E-state index is -1.07. The van der Waals surface area contributed by atoms with Crippen molar-refractivity contribution in [1.82, 2.24) is 15.3 Å². The van der Waals surface area contributed by atoms with Crippen LogP contribution in [0, 0.1) is 0 Å². The molecule has 0 saturated carbocycles. The molecule has 1 heterocycles. The summed E-state index contributed by atoms with van der Waals surface area (Å²) in [6.07, 6.45) is 5.68. The maximum atomic E-state index is 11.7. The lowest BCUT2D eigenvalue weighted by Crippen LogP contribution is -2.42. The molecule has 1 unspecified atom stereocenters. The lowest BCUT2D eigenvalue weighted by Gasteiger charge is -2.13. The number of nitrogens with one attached hydrogen (secondary N) is 2. The van der Waals surface area contributed by atoms with Crippen molar-refractivity contribution in [2.24, 2.45) is 0 Å². The molecular formula is C12H17N3O3. The van der Waals surface area contributed by atoms with Gasteiger partial charge in [0.25, 0.3) is 0 Å². The summed E-state index contributed by atoms with van der Waals surface area (Å²) in [6, 6.07) is -0.960. The third kappa shape index (κ3) is 4.04. The first-order valence-corrected chi connectivity index (χ1v) is 5.72. The van der Waals surface area contributed by atoms with E-state index in [2.05, 4.69) is 15.3 Å². The zero-order chi connectivity index (χ0) is 13.5. The predicted molar refractivity (Wildman–Crippen MR) is 65.9 cm³/mol. The van der Waals surface area contributed by atoms with Gasteiger partial charge in [0, 0.05) is 23.9 Å². The van der Waals surface area contributed by atoms with Crippen LogP contribution in [0.1, 0.15) is 26.0 Å². The molecule has 0 radical (unpaired) electrons. The molecule has 0 aromatic carbocycles. The lowest BCUT2D eigenvalue weighted by molar-refractivity contribution is -0.141. The number of H-pyrrole nitrogens is 1. The smallest absolute Gasteiger partial charge is 0.326 e. The van der Waals surface area contributed by atoms with Gasteiger partial charge in [0.05, 0.1) is 6.33 Å². The number of carbonyl (C=O) groups is 2. The normalized spacial score (nSPS) is 13.1. The van der Waals surface area contributed by atoms with Crippen molar-refractivity contribution in [3.63, 3.8) is 0 Å². The third-order valence-corrected chi connectivity index (χ3v) is 2.45. The third-order valence-electron chi connectivity index (χ3n) is 2.45. The number of carbonyl (C=O) groups excluding carboxylic acids is 1. The number of nitrogens with zero attached hydrogens (tertiary/aromatic N) is 1. The Bertz CT molecular complexity index is 437. The molecule has 0 saturated heterocycles. The molecule has 0 spiro atoms. The van der Waals surface area contributed by atoms with E-state index in [0.29, 0.717) is 11.3 Å². The van der Waals surface area contributed by atoms with Crippen LogP contribution in [0.15, 0.2) is 24.2 Å². The highest BCUT2D eigenvalue weighted by molar-refractivity contribution is 5.95. The van der Waals surface area contributed by atoms with Gasteiger partial charge < -0.3 is 15.4 Å². The summed E-state index contributed by atoms with van der Waals surface area (Å²) in [5.41, 5.74) is 1.19. The van der Waals surface area contributed by atoms with E-state index in [9.17, 15) is 9.59 Å². The first-order chi connectivity index (χ1) is 8.54. The number of aliphatic carboxylic acids is 1. The number of hydrogen-bond donors (Lipinski definition) is 3. The van der Waals surface area contributed by atoms with Crippen LogP contribution in [0.4, 0.5) is 0 Å². The molecule has 1 aromatic heterocycles. The SMILES string of the molecule is CC/C=C(\C)C(=O)NC(Cc1cnc[nH]1)C(=O)O. The van der Waals surface area contributed by atoms with Crippen molar-refractivity contribution in [2.45, 2.75) is 32.7 Å². The fourth-order valence-electron chi connectivity index (χ4n) is 1.49. The average molecular weight is 251 g/mol. The van der Waals surface area contributed by atoms with Crippen LogP contribution >= 0.6 is 0 Å². The van der Waals surface area contributed by atoms with Crippen LogP contribution in [0.25, 0.3) is 0 Å². The second kappa shape index (κ2) is 6.58. The van der Waals surface area contributed by atoms with Gasteiger partial charge in [-0.25, -0.2) is 9.78 Å². The van der Waals surface area contributed by atoms with Gasteiger partial charge in [-0.3, -0.25) is 4.79 Å². The van der Waals surface area contributed by atoms with E-state index in [1.807, 2.05) is 6.92 Å². The molecule has 98 valence electrons. The molecule has 1 rings (SSSR count). The highest BCUT2D eigenvalue weighted by Crippen LogP contribution is 2.01. The summed E-state index contributed by atoms with van der Waals surface area (Å²) < 4.78 is 0. The van der Waals surface area contributed by atoms with Gasteiger partial charge in [0.1, 0.15) is 6.04 Å². The molecule has 1 atom stereocenters. The molecule has 18 heavy (non-hydrogen) atoms. The van der Waals surface area contributed by atoms with Crippen molar-refractivity contribution in [3.05, 3.63) is 29.9 Å². The maximum Gasteiger partial charge on any atom is 0.326 e. The highest BCUT2D eigenvalue weighted by Gasteiger charge is 2.21. The second-order valence-corrected chi connectivity index (χ2v) is 3.94. The van der Waals surface area contributed by atoms with Gasteiger partial charge in [0.15, 0.2) is 0 Å². The molecule has 6 nitrogen and oxygen atoms in total. The lowest BCUT2D eigenvalue weighted by atomic mass is 10.1. The maximum absolute atomic E-state index is 11.7. The molecule has 6 heteroatoms. The molecular weight excluding hydrogens is 234 g/mol.